The highest BCUT2D eigenvalue weighted by molar-refractivity contribution is 5.73. The largest absolute Gasteiger partial charge is 0.495 e. The van der Waals surface area contributed by atoms with Gasteiger partial charge >= 0.3 is 0 Å². The van der Waals surface area contributed by atoms with Crippen molar-refractivity contribution >= 4 is 11.4 Å². The molecular formula is C16H19FN2O. The summed E-state index contributed by atoms with van der Waals surface area (Å²) in [6.07, 6.45) is 0.789. The van der Waals surface area contributed by atoms with Gasteiger partial charge in [-0.05, 0) is 43.2 Å². The molecule has 0 amide bonds. The van der Waals surface area contributed by atoms with Crippen LogP contribution in [0.2, 0.25) is 0 Å². The van der Waals surface area contributed by atoms with E-state index >= 15 is 0 Å². The lowest BCUT2D eigenvalue weighted by molar-refractivity contribution is 0.417. The molecule has 3 N–H and O–H groups in total. The number of methoxy groups -OCH3 is 1. The molecule has 0 radical (unpaired) electrons. The summed E-state index contributed by atoms with van der Waals surface area (Å²) in [4.78, 5) is 0. The van der Waals surface area contributed by atoms with Crippen molar-refractivity contribution in [2.24, 2.45) is 0 Å². The molecule has 20 heavy (non-hydrogen) atoms. The fraction of sp³-hybridized carbons (Fsp3) is 0.250. The van der Waals surface area contributed by atoms with Gasteiger partial charge in [0.25, 0.3) is 0 Å². The van der Waals surface area contributed by atoms with Crippen LogP contribution in [-0.2, 0) is 6.42 Å². The Morgan fingerprint density at radius 3 is 2.55 bits per heavy atom. The van der Waals surface area contributed by atoms with E-state index in [9.17, 15) is 4.39 Å². The second kappa shape index (κ2) is 6.28. The number of ether oxygens (including phenoxy) is 1. The van der Waals surface area contributed by atoms with Crippen molar-refractivity contribution in [1.29, 1.82) is 0 Å². The van der Waals surface area contributed by atoms with Crippen LogP contribution in [0.5, 0.6) is 5.75 Å². The molecule has 2 aromatic rings. The fourth-order valence-electron chi connectivity index (χ4n) is 2.14. The minimum atomic E-state index is -0.216. The second-order valence-electron chi connectivity index (χ2n) is 4.80. The fourth-order valence-corrected chi connectivity index (χ4v) is 2.14. The summed E-state index contributed by atoms with van der Waals surface area (Å²) >= 11 is 0. The molecule has 0 aliphatic heterocycles. The minimum absolute atomic E-state index is 0.176. The predicted octanol–water partition coefficient (Wildman–Crippen LogP) is 3.46. The Kier molecular flexibility index (Phi) is 4.45. The standard InChI is InChI=1S/C16H19FN2O/c1-11(10-12-6-8-13(17)9-7-12)19-14-4-3-5-15(20-2)16(14)18/h3-9,11,19H,10,18H2,1-2H3. The first kappa shape index (κ1) is 14.2. The zero-order chi connectivity index (χ0) is 14.5. The van der Waals surface area contributed by atoms with Crippen LogP contribution < -0.4 is 15.8 Å². The molecule has 0 saturated carbocycles. The third kappa shape index (κ3) is 3.41. The highest BCUT2D eigenvalue weighted by atomic mass is 19.1. The first-order valence-electron chi connectivity index (χ1n) is 6.53. The van der Waals surface area contributed by atoms with Gasteiger partial charge in [0.15, 0.2) is 0 Å². The van der Waals surface area contributed by atoms with Crippen LogP contribution in [0, 0.1) is 5.82 Å². The number of nitrogen functional groups attached to an aromatic ring is 1. The molecule has 0 aliphatic carbocycles. The lowest BCUT2D eigenvalue weighted by Crippen LogP contribution is -2.19. The van der Waals surface area contributed by atoms with E-state index < -0.39 is 0 Å². The van der Waals surface area contributed by atoms with E-state index in [4.69, 9.17) is 10.5 Å². The topological polar surface area (TPSA) is 47.3 Å². The van der Waals surface area contributed by atoms with Gasteiger partial charge in [0.1, 0.15) is 11.6 Å². The normalized spacial score (nSPS) is 11.9. The van der Waals surface area contributed by atoms with E-state index in [0.717, 1.165) is 17.7 Å². The molecule has 0 fully saturated rings. The number of para-hydroxylation sites is 1. The maximum atomic E-state index is 12.9. The average molecular weight is 274 g/mol. The van der Waals surface area contributed by atoms with E-state index in [0.29, 0.717) is 11.4 Å². The molecule has 1 unspecified atom stereocenters. The number of nitrogens with two attached hydrogens (primary N) is 1. The van der Waals surface area contributed by atoms with Crippen molar-refractivity contribution in [2.75, 3.05) is 18.2 Å². The van der Waals surface area contributed by atoms with Crippen molar-refractivity contribution in [1.82, 2.24) is 0 Å². The summed E-state index contributed by atoms with van der Waals surface area (Å²) in [5.74, 6) is 0.440. The first-order valence-corrected chi connectivity index (χ1v) is 6.53. The Balaban J connectivity index is 2.04. The molecule has 0 bridgehead atoms. The zero-order valence-corrected chi connectivity index (χ0v) is 11.7. The Morgan fingerprint density at radius 2 is 1.90 bits per heavy atom. The van der Waals surface area contributed by atoms with Crippen LogP contribution >= 0.6 is 0 Å². The van der Waals surface area contributed by atoms with E-state index in [1.54, 1.807) is 19.2 Å². The van der Waals surface area contributed by atoms with Gasteiger partial charge in [-0.25, -0.2) is 4.39 Å². The number of anilines is 2. The van der Waals surface area contributed by atoms with Gasteiger partial charge in [0, 0.05) is 6.04 Å². The number of hydrogen-bond donors (Lipinski definition) is 2. The van der Waals surface area contributed by atoms with Crippen LogP contribution in [0.4, 0.5) is 15.8 Å². The van der Waals surface area contributed by atoms with Gasteiger partial charge in [-0.3, -0.25) is 0 Å². The molecular weight excluding hydrogens is 255 g/mol. The van der Waals surface area contributed by atoms with Gasteiger partial charge in [-0.15, -0.1) is 0 Å². The maximum Gasteiger partial charge on any atom is 0.143 e. The number of rotatable bonds is 5. The van der Waals surface area contributed by atoms with Crippen molar-refractivity contribution in [3.8, 4) is 5.75 Å². The van der Waals surface area contributed by atoms with Crippen LogP contribution in [0.15, 0.2) is 42.5 Å². The van der Waals surface area contributed by atoms with E-state index in [-0.39, 0.29) is 11.9 Å². The number of hydrogen-bond acceptors (Lipinski definition) is 3. The monoisotopic (exact) mass is 274 g/mol. The maximum absolute atomic E-state index is 12.9. The van der Waals surface area contributed by atoms with Gasteiger partial charge < -0.3 is 15.8 Å². The summed E-state index contributed by atoms with van der Waals surface area (Å²) in [5.41, 5.74) is 8.54. The Morgan fingerprint density at radius 1 is 1.20 bits per heavy atom. The molecule has 1 atom stereocenters. The first-order chi connectivity index (χ1) is 9.60. The van der Waals surface area contributed by atoms with Crippen molar-refractivity contribution in [3.63, 3.8) is 0 Å². The third-order valence-electron chi connectivity index (χ3n) is 3.14. The van der Waals surface area contributed by atoms with E-state index in [1.807, 2.05) is 18.2 Å². The van der Waals surface area contributed by atoms with Crippen LogP contribution in [0.3, 0.4) is 0 Å². The van der Waals surface area contributed by atoms with Gasteiger partial charge in [0.2, 0.25) is 0 Å². The smallest absolute Gasteiger partial charge is 0.143 e. The van der Waals surface area contributed by atoms with Crippen molar-refractivity contribution in [2.45, 2.75) is 19.4 Å². The molecule has 3 nitrogen and oxygen atoms in total. The number of halogens is 1. The Hall–Kier alpha value is -2.23. The highest BCUT2D eigenvalue weighted by Crippen LogP contribution is 2.29. The highest BCUT2D eigenvalue weighted by Gasteiger charge is 2.09. The lowest BCUT2D eigenvalue weighted by Gasteiger charge is -2.18. The minimum Gasteiger partial charge on any atom is -0.495 e. The van der Waals surface area contributed by atoms with E-state index in [2.05, 4.69) is 12.2 Å². The number of benzene rings is 2. The van der Waals surface area contributed by atoms with Gasteiger partial charge in [-0.2, -0.15) is 0 Å². The Labute approximate surface area is 118 Å². The molecule has 2 aromatic carbocycles. The van der Waals surface area contributed by atoms with Crippen LogP contribution in [-0.4, -0.2) is 13.2 Å². The predicted molar refractivity (Wildman–Crippen MR) is 80.6 cm³/mol. The summed E-state index contributed by atoms with van der Waals surface area (Å²) in [5, 5.41) is 3.35. The molecule has 0 aliphatic rings. The summed E-state index contributed by atoms with van der Waals surface area (Å²) in [7, 11) is 1.59. The quantitative estimate of drug-likeness (QED) is 0.821. The SMILES string of the molecule is COc1cccc(NC(C)Cc2ccc(F)cc2)c1N. The van der Waals surface area contributed by atoms with Crippen molar-refractivity contribution in [3.05, 3.63) is 53.8 Å². The lowest BCUT2D eigenvalue weighted by atomic mass is 10.1. The van der Waals surface area contributed by atoms with E-state index in [1.165, 1.54) is 12.1 Å². The zero-order valence-electron chi connectivity index (χ0n) is 11.7. The summed E-state index contributed by atoms with van der Waals surface area (Å²) in [6, 6.07) is 12.3. The van der Waals surface area contributed by atoms with Crippen molar-refractivity contribution < 1.29 is 9.13 Å². The van der Waals surface area contributed by atoms with Gasteiger partial charge in [0.05, 0.1) is 18.5 Å². The molecule has 0 aromatic heterocycles. The molecule has 0 saturated heterocycles. The third-order valence-corrected chi connectivity index (χ3v) is 3.14. The van der Waals surface area contributed by atoms with Gasteiger partial charge in [-0.1, -0.05) is 18.2 Å². The number of nitrogens with one attached hydrogen (secondary N) is 1. The summed E-state index contributed by atoms with van der Waals surface area (Å²) < 4.78 is 18.1. The van der Waals surface area contributed by atoms with Crippen LogP contribution in [0.1, 0.15) is 12.5 Å². The molecule has 4 heteroatoms. The summed E-state index contributed by atoms with van der Waals surface area (Å²) in [6.45, 7) is 2.06. The molecule has 2 rings (SSSR count). The Bertz CT molecular complexity index is 569. The second-order valence-corrected chi connectivity index (χ2v) is 4.80. The molecule has 0 heterocycles. The molecule has 106 valence electrons. The van der Waals surface area contributed by atoms with Crippen LogP contribution in [0.25, 0.3) is 0 Å². The molecule has 0 spiro atoms. The average Bonchev–Trinajstić information content (AvgIpc) is 2.44.